The summed E-state index contributed by atoms with van der Waals surface area (Å²) in [7, 11) is 1.65. The number of allylic oxidation sites excluding steroid dienone is 1. The summed E-state index contributed by atoms with van der Waals surface area (Å²) in [6.45, 7) is 3.98. The van der Waals surface area contributed by atoms with E-state index >= 15 is 0 Å². The quantitative estimate of drug-likeness (QED) is 0.502. The minimum Gasteiger partial charge on any atom is -0.493 e. The van der Waals surface area contributed by atoms with Crippen LogP contribution in [0.25, 0.3) is 0 Å². The SMILES string of the molecule is COc1cc(C2CC(=O)C3=C(C2)Nc2ccccc2NC3c2ccncc2)ccc1OC(C)C. The molecule has 2 N–H and O–H groups in total. The second kappa shape index (κ2) is 9.21. The third-order valence-corrected chi connectivity index (χ3v) is 6.37. The van der Waals surface area contributed by atoms with Gasteiger partial charge in [-0.2, -0.15) is 0 Å². The Hall–Kier alpha value is -3.80. The van der Waals surface area contributed by atoms with Crippen LogP contribution in [0.15, 0.2) is 78.3 Å². The van der Waals surface area contributed by atoms with Gasteiger partial charge in [0.05, 0.1) is 30.6 Å². The first-order valence-corrected chi connectivity index (χ1v) is 11.7. The smallest absolute Gasteiger partial charge is 0.163 e. The number of carbonyl (C=O) groups excluding carboxylic acids is 1. The van der Waals surface area contributed by atoms with Gasteiger partial charge in [-0.15, -0.1) is 0 Å². The Morgan fingerprint density at radius 3 is 2.44 bits per heavy atom. The Morgan fingerprint density at radius 1 is 0.941 bits per heavy atom. The molecule has 3 aromatic rings. The highest BCUT2D eigenvalue weighted by Crippen LogP contribution is 2.45. The highest BCUT2D eigenvalue weighted by atomic mass is 16.5. The van der Waals surface area contributed by atoms with Crippen molar-refractivity contribution < 1.29 is 14.3 Å². The number of benzene rings is 2. The average molecular weight is 456 g/mol. The van der Waals surface area contributed by atoms with E-state index in [0.717, 1.165) is 40.2 Å². The maximum atomic E-state index is 13.7. The number of rotatable bonds is 5. The third kappa shape index (κ3) is 4.23. The van der Waals surface area contributed by atoms with Crippen LogP contribution < -0.4 is 20.1 Å². The lowest BCUT2D eigenvalue weighted by molar-refractivity contribution is -0.116. The van der Waals surface area contributed by atoms with Crippen LogP contribution in [0.4, 0.5) is 11.4 Å². The number of pyridine rings is 1. The monoisotopic (exact) mass is 455 g/mol. The Bertz CT molecular complexity index is 1240. The second-order valence-corrected chi connectivity index (χ2v) is 9.03. The van der Waals surface area contributed by atoms with E-state index in [0.29, 0.717) is 17.9 Å². The van der Waals surface area contributed by atoms with Gasteiger partial charge >= 0.3 is 0 Å². The molecule has 5 rings (SSSR count). The van der Waals surface area contributed by atoms with Gasteiger partial charge in [-0.3, -0.25) is 9.78 Å². The molecular weight excluding hydrogens is 426 g/mol. The van der Waals surface area contributed by atoms with Crippen molar-refractivity contribution in [3.05, 3.63) is 89.4 Å². The van der Waals surface area contributed by atoms with Gasteiger partial charge in [0.2, 0.25) is 0 Å². The van der Waals surface area contributed by atoms with E-state index in [4.69, 9.17) is 9.47 Å². The molecule has 0 saturated heterocycles. The van der Waals surface area contributed by atoms with Crippen LogP contribution in [0, 0.1) is 0 Å². The number of para-hydroxylation sites is 2. The maximum absolute atomic E-state index is 13.7. The lowest BCUT2D eigenvalue weighted by Crippen LogP contribution is -2.26. The van der Waals surface area contributed by atoms with Gasteiger partial charge in [-0.25, -0.2) is 0 Å². The van der Waals surface area contributed by atoms with Crippen molar-refractivity contribution in [1.82, 2.24) is 4.98 Å². The first-order chi connectivity index (χ1) is 16.5. The highest BCUT2D eigenvalue weighted by molar-refractivity contribution is 6.01. The lowest BCUT2D eigenvalue weighted by atomic mass is 9.78. The zero-order valence-electron chi connectivity index (χ0n) is 19.7. The van der Waals surface area contributed by atoms with E-state index < -0.39 is 0 Å². The molecule has 1 aromatic heterocycles. The number of hydrogen-bond acceptors (Lipinski definition) is 6. The predicted molar refractivity (Wildman–Crippen MR) is 133 cm³/mol. The van der Waals surface area contributed by atoms with E-state index in [1.165, 1.54) is 0 Å². The van der Waals surface area contributed by atoms with Crippen LogP contribution in [0.1, 0.15) is 49.8 Å². The van der Waals surface area contributed by atoms with Crippen molar-refractivity contribution in [2.24, 2.45) is 0 Å². The number of anilines is 2. The van der Waals surface area contributed by atoms with Crippen LogP contribution in [0.2, 0.25) is 0 Å². The predicted octanol–water partition coefficient (Wildman–Crippen LogP) is 5.86. The summed E-state index contributed by atoms with van der Waals surface area (Å²) in [5, 5.41) is 7.18. The summed E-state index contributed by atoms with van der Waals surface area (Å²) in [6.07, 6.45) is 4.76. The summed E-state index contributed by atoms with van der Waals surface area (Å²) in [4.78, 5) is 17.8. The molecule has 2 unspecified atom stereocenters. The molecule has 0 saturated carbocycles. The standard InChI is InChI=1S/C28H29N3O3/c1-17(2)34-25-9-8-19(16-26(25)33-3)20-14-23-27(24(32)15-20)28(18-10-12-29-13-11-18)31-22-7-5-4-6-21(22)30-23/h4-13,16-17,20,28,30-31H,14-15H2,1-3H3. The first kappa shape index (κ1) is 22.0. The molecule has 0 radical (unpaired) electrons. The fraction of sp³-hybridized carbons (Fsp3) is 0.286. The fourth-order valence-corrected chi connectivity index (χ4v) is 4.82. The van der Waals surface area contributed by atoms with Gasteiger partial charge in [-0.05, 0) is 73.7 Å². The van der Waals surface area contributed by atoms with Gasteiger partial charge < -0.3 is 20.1 Å². The molecule has 6 nitrogen and oxygen atoms in total. The molecule has 0 bridgehead atoms. The normalized spacial score (nSPS) is 19.5. The van der Waals surface area contributed by atoms with E-state index in [-0.39, 0.29) is 23.8 Å². The van der Waals surface area contributed by atoms with Gasteiger partial charge in [0, 0.05) is 30.1 Å². The minimum absolute atomic E-state index is 0.0455. The molecule has 1 aliphatic carbocycles. The van der Waals surface area contributed by atoms with Crippen molar-refractivity contribution >= 4 is 17.2 Å². The molecule has 2 atom stereocenters. The number of Topliss-reactive ketones (excluding diaryl/α,β-unsaturated/α-hetero) is 1. The maximum Gasteiger partial charge on any atom is 0.163 e. The second-order valence-electron chi connectivity index (χ2n) is 9.03. The number of methoxy groups -OCH3 is 1. The summed E-state index contributed by atoms with van der Waals surface area (Å²) in [6, 6.07) is 17.8. The molecule has 0 fully saturated rings. The molecule has 0 spiro atoms. The number of carbonyl (C=O) groups is 1. The van der Waals surface area contributed by atoms with E-state index in [1.807, 2.05) is 68.4 Å². The van der Waals surface area contributed by atoms with Crippen LogP contribution in [-0.2, 0) is 4.79 Å². The van der Waals surface area contributed by atoms with Gasteiger partial charge in [0.1, 0.15) is 0 Å². The van der Waals surface area contributed by atoms with Crippen LogP contribution in [0.3, 0.4) is 0 Å². The highest BCUT2D eigenvalue weighted by Gasteiger charge is 2.36. The molecule has 6 heteroatoms. The third-order valence-electron chi connectivity index (χ3n) is 6.37. The van der Waals surface area contributed by atoms with E-state index in [1.54, 1.807) is 19.5 Å². The van der Waals surface area contributed by atoms with Gasteiger partial charge in [0.25, 0.3) is 0 Å². The number of ketones is 1. The topological polar surface area (TPSA) is 72.5 Å². The van der Waals surface area contributed by atoms with Crippen LogP contribution in [-0.4, -0.2) is 24.0 Å². The van der Waals surface area contributed by atoms with E-state index in [2.05, 4.69) is 15.6 Å². The van der Waals surface area contributed by atoms with Crippen molar-refractivity contribution in [1.29, 1.82) is 0 Å². The summed E-state index contributed by atoms with van der Waals surface area (Å²) < 4.78 is 11.5. The largest absolute Gasteiger partial charge is 0.493 e. The number of nitrogens with zero attached hydrogens (tertiary/aromatic N) is 1. The van der Waals surface area contributed by atoms with Crippen LogP contribution in [0.5, 0.6) is 11.5 Å². The number of fused-ring (bicyclic) bond motifs is 1. The molecule has 2 aliphatic rings. The van der Waals surface area contributed by atoms with Crippen molar-refractivity contribution in [2.75, 3.05) is 17.7 Å². The average Bonchev–Trinajstić information content (AvgIpc) is 3.01. The van der Waals surface area contributed by atoms with Crippen molar-refractivity contribution in [3.63, 3.8) is 0 Å². The van der Waals surface area contributed by atoms with Crippen molar-refractivity contribution in [3.8, 4) is 11.5 Å². The van der Waals surface area contributed by atoms with Gasteiger partial charge in [0.15, 0.2) is 17.3 Å². The number of hydrogen-bond donors (Lipinski definition) is 2. The molecule has 34 heavy (non-hydrogen) atoms. The summed E-state index contributed by atoms with van der Waals surface area (Å²) in [5.74, 6) is 1.59. The Morgan fingerprint density at radius 2 is 1.71 bits per heavy atom. The molecular formula is C28H29N3O3. The molecule has 1 aliphatic heterocycles. The fourth-order valence-electron chi connectivity index (χ4n) is 4.82. The summed E-state index contributed by atoms with van der Waals surface area (Å²) in [5.41, 5.74) is 5.79. The molecule has 0 amide bonds. The van der Waals surface area contributed by atoms with Crippen LogP contribution >= 0.6 is 0 Å². The van der Waals surface area contributed by atoms with E-state index in [9.17, 15) is 4.79 Å². The Labute approximate surface area is 200 Å². The minimum atomic E-state index is -0.237. The molecule has 2 aromatic carbocycles. The zero-order valence-corrected chi connectivity index (χ0v) is 19.7. The number of ether oxygens (including phenoxy) is 2. The Kier molecular flexibility index (Phi) is 5.97. The number of nitrogens with one attached hydrogen (secondary N) is 2. The molecule has 2 heterocycles. The zero-order chi connectivity index (χ0) is 23.7. The molecule has 174 valence electrons. The lowest BCUT2D eigenvalue weighted by Gasteiger charge is -2.30. The first-order valence-electron chi connectivity index (χ1n) is 11.7. The van der Waals surface area contributed by atoms with Gasteiger partial charge in [-0.1, -0.05) is 18.2 Å². The number of aromatic nitrogens is 1. The Balaban J connectivity index is 1.54. The van der Waals surface area contributed by atoms with Crippen molar-refractivity contribution in [2.45, 2.75) is 44.8 Å². The summed E-state index contributed by atoms with van der Waals surface area (Å²) >= 11 is 0.